The van der Waals surface area contributed by atoms with Gasteiger partial charge >= 0.3 is 0 Å². The lowest BCUT2D eigenvalue weighted by Crippen LogP contribution is -2.31. The number of aromatic hydroxyl groups is 1. The van der Waals surface area contributed by atoms with Crippen LogP contribution >= 0.6 is 0 Å². The van der Waals surface area contributed by atoms with Gasteiger partial charge in [0.05, 0.1) is 6.61 Å². The highest BCUT2D eigenvalue weighted by molar-refractivity contribution is 6.00. The zero-order valence-corrected chi connectivity index (χ0v) is 15.1. The first kappa shape index (κ1) is 18.0. The monoisotopic (exact) mass is 356 g/mol. The van der Waals surface area contributed by atoms with Crippen molar-refractivity contribution >= 4 is 22.6 Å². The average Bonchev–Trinajstić information content (AvgIpc) is 3.01. The minimum Gasteiger partial charge on any atom is -0.508 e. The van der Waals surface area contributed by atoms with Gasteiger partial charge in [0.25, 0.3) is 5.91 Å². The summed E-state index contributed by atoms with van der Waals surface area (Å²) in [5, 5.41) is 16.7. The van der Waals surface area contributed by atoms with Crippen LogP contribution in [0.5, 0.6) is 5.75 Å². The number of phenols is 1. The van der Waals surface area contributed by atoms with E-state index in [4.69, 9.17) is 4.74 Å². The van der Waals surface area contributed by atoms with Gasteiger partial charge in [-0.15, -0.1) is 0 Å². The lowest BCUT2D eigenvalue weighted by molar-refractivity contribution is 0.0956. The number of aliphatic imine (C=N–C) groups is 1. The van der Waals surface area contributed by atoms with Crippen LogP contribution in [0.4, 0.5) is 0 Å². The van der Waals surface area contributed by atoms with Gasteiger partial charge < -0.3 is 25.0 Å². The molecule has 7 nitrogen and oxygen atoms in total. The van der Waals surface area contributed by atoms with Gasteiger partial charge in [-0.2, -0.15) is 0 Å². The van der Waals surface area contributed by atoms with Crippen LogP contribution in [0.15, 0.2) is 41.2 Å². The van der Waals surface area contributed by atoms with Crippen molar-refractivity contribution in [1.29, 1.82) is 0 Å². The Morgan fingerprint density at radius 1 is 1.35 bits per heavy atom. The highest BCUT2D eigenvalue weighted by atomic mass is 16.5. The number of amides is 1. The largest absolute Gasteiger partial charge is 0.508 e. The number of nitrogens with one attached hydrogen (secondary N) is 2. The Hall–Kier alpha value is -2.80. The molecule has 26 heavy (non-hydrogen) atoms. The van der Waals surface area contributed by atoms with Crippen molar-refractivity contribution in [3.05, 3.63) is 41.9 Å². The molecule has 0 radical (unpaired) electrons. The lowest BCUT2D eigenvalue weighted by Gasteiger charge is -2.16. The summed E-state index contributed by atoms with van der Waals surface area (Å²) in [6.07, 6.45) is 3.17. The number of allylic oxidation sites excluding steroid dienone is 1. The molecule has 1 amide bonds. The van der Waals surface area contributed by atoms with Crippen LogP contribution in [-0.4, -0.2) is 41.7 Å². The first-order chi connectivity index (χ1) is 12.6. The molecule has 0 spiro atoms. The molecule has 0 aliphatic carbocycles. The normalized spacial score (nSPS) is 14.1. The van der Waals surface area contributed by atoms with Crippen molar-refractivity contribution < 1.29 is 14.6 Å². The Balaban J connectivity index is 1.73. The summed E-state index contributed by atoms with van der Waals surface area (Å²) in [7, 11) is 1.66. The minimum atomic E-state index is -0.167. The van der Waals surface area contributed by atoms with Gasteiger partial charge in [-0.25, -0.2) is 4.99 Å². The van der Waals surface area contributed by atoms with Crippen LogP contribution in [0.3, 0.4) is 0 Å². The number of methoxy groups -OCH3 is 1. The van der Waals surface area contributed by atoms with E-state index in [1.165, 1.54) is 0 Å². The van der Waals surface area contributed by atoms with E-state index in [0.29, 0.717) is 25.4 Å². The third-order valence-corrected chi connectivity index (χ3v) is 4.35. The highest BCUT2D eigenvalue weighted by Crippen LogP contribution is 2.24. The zero-order valence-electron chi connectivity index (χ0n) is 15.1. The standard InChI is InChI=1S/C19H24N4O3/c1-3-23-16-6-5-15(24)10-13(16)11-17(23)19(25)22-14-4-7-18(21-12-14)20-8-9-26-2/h5-6,10-12,24H,3-4,7-9H2,1-2H3,(H,20,21)(H,22,25). The van der Waals surface area contributed by atoms with E-state index in [2.05, 4.69) is 15.6 Å². The summed E-state index contributed by atoms with van der Waals surface area (Å²) >= 11 is 0. The molecule has 3 rings (SSSR count). The molecule has 3 N–H and O–H groups in total. The highest BCUT2D eigenvalue weighted by Gasteiger charge is 2.17. The van der Waals surface area contributed by atoms with Gasteiger partial charge in [-0.05, 0) is 37.6 Å². The SMILES string of the molecule is CCn1c(C(=O)NC2=CN=C(NCCOC)CC2)cc2cc(O)ccc21. The number of phenolic OH excluding ortho intramolecular Hbond substituents is 1. The summed E-state index contributed by atoms with van der Waals surface area (Å²) in [6, 6.07) is 6.93. The van der Waals surface area contributed by atoms with E-state index in [-0.39, 0.29) is 11.7 Å². The molecule has 1 aromatic heterocycles. The summed E-state index contributed by atoms with van der Waals surface area (Å²) in [5.41, 5.74) is 2.29. The van der Waals surface area contributed by atoms with Crippen LogP contribution < -0.4 is 10.6 Å². The summed E-state index contributed by atoms with van der Waals surface area (Å²) in [4.78, 5) is 17.1. The molecule has 0 atom stereocenters. The second-order valence-corrected chi connectivity index (χ2v) is 6.12. The molecule has 1 aliphatic rings. The number of hydrogen-bond donors (Lipinski definition) is 3. The van der Waals surface area contributed by atoms with Gasteiger partial charge in [-0.1, -0.05) is 0 Å². The molecule has 2 aromatic rings. The number of rotatable bonds is 6. The van der Waals surface area contributed by atoms with Crippen LogP contribution in [0.25, 0.3) is 10.9 Å². The Morgan fingerprint density at radius 3 is 2.88 bits per heavy atom. The van der Waals surface area contributed by atoms with Crippen molar-refractivity contribution in [3.63, 3.8) is 0 Å². The van der Waals surface area contributed by atoms with E-state index < -0.39 is 0 Å². The Kier molecular flexibility index (Phi) is 5.58. The van der Waals surface area contributed by atoms with E-state index in [0.717, 1.165) is 35.3 Å². The molecular weight excluding hydrogens is 332 g/mol. The van der Waals surface area contributed by atoms with E-state index in [1.807, 2.05) is 17.6 Å². The maximum absolute atomic E-state index is 12.7. The van der Waals surface area contributed by atoms with Crippen LogP contribution in [0.1, 0.15) is 30.3 Å². The molecule has 0 fully saturated rings. The predicted molar refractivity (Wildman–Crippen MR) is 101 cm³/mol. The minimum absolute atomic E-state index is 0.167. The van der Waals surface area contributed by atoms with Gasteiger partial charge in [0.2, 0.25) is 0 Å². The van der Waals surface area contributed by atoms with Gasteiger partial charge in [0, 0.05) is 49.4 Å². The fraction of sp³-hybridized carbons (Fsp3) is 0.368. The topological polar surface area (TPSA) is 87.9 Å². The maximum atomic E-state index is 12.7. The van der Waals surface area contributed by atoms with Crippen molar-refractivity contribution in [2.24, 2.45) is 4.99 Å². The van der Waals surface area contributed by atoms with Crippen LogP contribution in [0, 0.1) is 0 Å². The van der Waals surface area contributed by atoms with Crippen LogP contribution in [-0.2, 0) is 11.3 Å². The third kappa shape index (κ3) is 3.88. The van der Waals surface area contributed by atoms with Crippen LogP contribution in [0.2, 0.25) is 0 Å². The quantitative estimate of drug-likeness (QED) is 0.694. The molecule has 0 saturated heterocycles. The molecule has 1 aromatic carbocycles. The molecule has 0 bridgehead atoms. The zero-order chi connectivity index (χ0) is 18.5. The summed E-state index contributed by atoms with van der Waals surface area (Å²) in [6.45, 7) is 4.00. The fourth-order valence-electron chi connectivity index (χ4n) is 3.06. The first-order valence-electron chi connectivity index (χ1n) is 8.74. The Morgan fingerprint density at radius 2 is 2.19 bits per heavy atom. The average molecular weight is 356 g/mol. The van der Waals surface area contributed by atoms with E-state index in [9.17, 15) is 9.90 Å². The number of ether oxygens (including phenoxy) is 1. The number of carbonyl (C=O) groups is 1. The molecule has 7 heteroatoms. The number of amidine groups is 1. The second-order valence-electron chi connectivity index (χ2n) is 6.12. The fourth-order valence-corrected chi connectivity index (χ4v) is 3.06. The van der Waals surface area contributed by atoms with Gasteiger partial charge in [-0.3, -0.25) is 4.79 Å². The lowest BCUT2D eigenvalue weighted by atomic mass is 10.2. The first-order valence-corrected chi connectivity index (χ1v) is 8.74. The molecular formula is C19H24N4O3. The molecule has 0 unspecified atom stereocenters. The van der Waals surface area contributed by atoms with Gasteiger partial charge in [0.15, 0.2) is 0 Å². The molecule has 2 heterocycles. The number of aryl methyl sites for hydroxylation is 1. The summed E-state index contributed by atoms with van der Waals surface area (Å²) < 4.78 is 6.94. The Labute approximate surface area is 152 Å². The number of nitrogens with zero attached hydrogens (tertiary/aromatic N) is 2. The van der Waals surface area contributed by atoms with Gasteiger partial charge in [0.1, 0.15) is 17.3 Å². The number of aromatic nitrogens is 1. The Bertz CT molecular complexity index is 867. The second kappa shape index (κ2) is 8.05. The van der Waals surface area contributed by atoms with Crippen molar-refractivity contribution in [2.45, 2.75) is 26.3 Å². The molecule has 138 valence electrons. The predicted octanol–water partition coefficient (Wildman–Crippen LogP) is 2.37. The van der Waals surface area contributed by atoms with Crippen molar-refractivity contribution in [3.8, 4) is 5.75 Å². The number of benzene rings is 1. The molecule has 0 saturated carbocycles. The van der Waals surface area contributed by atoms with Crippen molar-refractivity contribution in [1.82, 2.24) is 15.2 Å². The third-order valence-electron chi connectivity index (χ3n) is 4.35. The maximum Gasteiger partial charge on any atom is 0.272 e. The number of carbonyl (C=O) groups excluding carboxylic acids is 1. The molecule has 1 aliphatic heterocycles. The smallest absolute Gasteiger partial charge is 0.272 e. The van der Waals surface area contributed by atoms with E-state index >= 15 is 0 Å². The van der Waals surface area contributed by atoms with Crippen molar-refractivity contribution in [2.75, 3.05) is 20.3 Å². The van der Waals surface area contributed by atoms with E-state index in [1.54, 1.807) is 31.5 Å². The number of hydrogen-bond acceptors (Lipinski definition) is 5. The number of fused-ring (bicyclic) bond motifs is 1. The summed E-state index contributed by atoms with van der Waals surface area (Å²) in [5.74, 6) is 0.925.